The molecule has 32 heavy (non-hydrogen) atoms. The molecule has 0 unspecified atom stereocenters. The van der Waals surface area contributed by atoms with E-state index < -0.39 is 40.2 Å². The molecule has 1 atom stereocenters. The molecule has 4 amide bonds. The number of nitrogens with one attached hydrogen (secondary N) is 2. The largest absolute Gasteiger partial charge is 0.494 e. The number of pyridine rings is 1. The Bertz CT molecular complexity index is 1300. The normalized spacial score (nSPS) is 20.0. The van der Waals surface area contributed by atoms with Crippen LogP contribution in [-0.2, 0) is 16.9 Å². The molecule has 0 spiro atoms. The maximum atomic E-state index is 14.7. The molecule has 5 rings (SSSR count). The fourth-order valence-corrected chi connectivity index (χ4v) is 4.10. The van der Waals surface area contributed by atoms with Crippen LogP contribution in [0.5, 0.6) is 5.75 Å². The third-order valence-electron chi connectivity index (χ3n) is 5.48. The van der Waals surface area contributed by atoms with Gasteiger partial charge in [-0.2, -0.15) is 0 Å². The van der Waals surface area contributed by atoms with Crippen molar-refractivity contribution in [1.29, 1.82) is 0 Å². The van der Waals surface area contributed by atoms with Crippen LogP contribution in [0.2, 0.25) is 5.15 Å². The van der Waals surface area contributed by atoms with Gasteiger partial charge in [-0.25, -0.2) is 18.6 Å². The van der Waals surface area contributed by atoms with E-state index in [-0.39, 0.29) is 41.3 Å². The number of imide groups is 1. The Kier molecular flexibility index (Phi) is 4.35. The molecule has 0 aliphatic carbocycles. The molecule has 4 heterocycles. The Labute approximate surface area is 183 Å². The SMILES string of the molecule is COc1ccc2c(c1F)C(=O)N(C[C@]1(c3cc4nc(Cl)c(F)cc4o3)NC(=O)NC1=O)C2. The van der Waals surface area contributed by atoms with Gasteiger partial charge in [-0.3, -0.25) is 14.9 Å². The minimum atomic E-state index is -1.85. The molecule has 1 aromatic carbocycles. The lowest BCUT2D eigenvalue weighted by Crippen LogP contribution is -2.52. The van der Waals surface area contributed by atoms with Crippen LogP contribution in [0.3, 0.4) is 0 Å². The molecule has 0 bridgehead atoms. The Morgan fingerprint density at radius 2 is 2.06 bits per heavy atom. The van der Waals surface area contributed by atoms with Crippen molar-refractivity contribution in [2.24, 2.45) is 0 Å². The van der Waals surface area contributed by atoms with E-state index >= 15 is 0 Å². The van der Waals surface area contributed by atoms with E-state index in [4.69, 9.17) is 20.8 Å². The lowest BCUT2D eigenvalue weighted by atomic mass is 9.95. The molecule has 0 saturated carbocycles. The maximum absolute atomic E-state index is 14.7. The Morgan fingerprint density at radius 3 is 2.75 bits per heavy atom. The molecular weight excluding hydrogens is 450 g/mol. The number of urea groups is 1. The number of methoxy groups -OCH3 is 1. The van der Waals surface area contributed by atoms with Crippen LogP contribution in [0, 0.1) is 11.6 Å². The monoisotopic (exact) mass is 462 g/mol. The number of hydrogen-bond acceptors (Lipinski definition) is 6. The number of rotatable bonds is 4. The highest BCUT2D eigenvalue weighted by atomic mass is 35.5. The molecular formula is C20H13ClF2N4O5. The Hall–Kier alpha value is -3.73. The summed E-state index contributed by atoms with van der Waals surface area (Å²) in [7, 11) is 1.28. The summed E-state index contributed by atoms with van der Waals surface area (Å²) < 4.78 is 39.0. The molecule has 2 N–H and O–H groups in total. The number of hydrogen-bond donors (Lipinski definition) is 2. The number of halogens is 3. The van der Waals surface area contributed by atoms with Crippen LogP contribution in [0.4, 0.5) is 13.6 Å². The first-order valence-corrected chi connectivity index (χ1v) is 9.65. The highest BCUT2D eigenvalue weighted by Gasteiger charge is 2.53. The zero-order chi connectivity index (χ0) is 22.8. The van der Waals surface area contributed by atoms with Gasteiger partial charge in [0.25, 0.3) is 11.8 Å². The van der Waals surface area contributed by atoms with Crippen molar-refractivity contribution in [1.82, 2.24) is 20.5 Å². The van der Waals surface area contributed by atoms with Gasteiger partial charge in [0.15, 0.2) is 33.7 Å². The topological polar surface area (TPSA) is 114 Å². The number of amides is 4. The Morgan fingerprint density at radius 1 is 1.28 bits per heavy atom. The summed E-state index contributed by atoms with van der Waals surface area (Å²) in [5.74, 6) is -3.31. The number of aromatic nitrogens is 1. The highest BCUT2D eigenvalue weighted by Crippen LogP contribution is 2.36. The van der Waals surface area contributed by atoms with E-state index in [0.29, 0.717) is 5.56 Å². The van der Waals surface area contributed by atoms with E-state index in [0.717, 1.165) is 6.07 Å². The van der Waals surface area contributed by atoms with Gasteiger partial charge in [0.05, 0.1) is 19.2 Å². The third-order valence-corrected chi connectivity index (χ3v) is 5.74. The molecule has 0 radical (unpaired) electrons. The van der Waals surface area contributed by atoms with Crippen molar-refractivity contribution in [3.63, 3.8) is 0 Å². The van der Waals surface area contributed by atoms with Gasteiger partial charge in [-0.15, -0.1) is 0 Å². The molecule has 1 saturated heterocycles. The lowest BCUT2D eigenvalue weighted by molar-refractivity contribution is -0.125. The van der Waals surface area contributed by atoms with E-state index in [1.54, 1.807) is 6.07 Å². The van der Waals surface area contributed by atoms with E-state index in [2.05, 4.69) is 15.6 Å². The smallest absolute Gasteiger partial charge is 0.322 e. The van der Waals surface area contributed by atoms with Crippen molar-refractivity contribution < 1.29 is 32.3 Å². The number of carbonyl (C=O) groups is 3. The number of benzene rings is 1. The average molecular weight is 463 g/mol. The van der Waals surface area contributed by atoms with E-state index in [1.165, 1.54) is 24.1 Å². The lowest BCUT2D eigenvalue weighted by Gasteiger charge is -2.28. The zero-order valence-electron chi connectivity index (χ0n) is 16.3. The molecule has 12 heteroatoms. The van der Waals surface area contributed by atoms with Gasteiger partial charge in [0.2, 0.25) is 0 Å². The van der Waals surface area contributed by atoms with Gasteiger partial charge in [0.1, 0.15) is 11.3 Å². The van der Waals surface area contributed by atoms with Gasteiger partial charge >= 0.3 is 6.03 Å². The second-order valence-electron chi connectivity index (χ2n) is 7.35. The zero-order valence-corrected chi connectivity index (χ0v) is 17.0. The maximum Gasteiger partial charge on any atom is 0.322 e. The second kappa shape index (κ2) is 6.89. The van der Waals surface area contributed by atoms with Gasteiger partial charge in [0, 0.05) is 18.7 Å². The number of carbonyl (C=O) groups excluding carboxylic acids is 3. The van der Waals surface area contributed by atoms with Crippen molar-refractivity contribution in [3.8, 4) is 5.75 Å². The summed E-state index contributed by atoms with van der Waals surface area (Å²) in [6, 6.07) is 4.45. The quantitative estimate of drug-likeness (QED) is 0.455. The number of fused-ring (bicyclic) bond motifs is 2. The van der Waals surface area contributed by atoms with Crippen LogP contribution in [0.1, 0.15) is 21.7 Å². The molecule has 2 aliphatic heterocycles. The molecule has 164 valence electrons. The average Bonchev–Trinajstić information content (AvgIpc) is 3.38. The third kappa shape index (κ3) is 2.81. The minimum absolute atomic E-state index is 0.0120. The summed E-state index contributed by atoms with van der Waals surface area (Å²) in [5, 5.41) is 4.19. The fourth-order valence-electron chi connectivity index (χ4n) is 3.95. The van der Waals surface area contributed by atoms with Crippen LogP contribution >= 0.6 is 11.6 Å². The van der Waals surface area contributed by atoms with Crippen molar-refractivity contribution >= 4 is 40.5 Å². The highest BCUT2D eigenvalue weighted by molar-refractivity contribution is 6.29. The van der Waals surface area contributed by atoms with Gasteiger partial charge in [-0.05, 0) is 11.6 Å². The first-order valence-electron chi connectivity index (χ1n) is 9.28. The number of ether oxygens (including phenoxy) is 1. The number of nitrogens with zero attached hydrogens (tertiary/aromatic N) is 2. The molecule has 1 fully saturated rings. The van der Waals surface area contributed by atoms with Crippen LogP contribution in [0.15, 0.2) is 28.7 Å². The molecule has 2 aromatic heterocycles. The first kappa shape index (κ1) is 20.2. The predicted molar refractivity (Wildman–Crippen MR) is 105 cm³/mol. The summed E-state index contributed by atoms with van der Waals surface area (Å²) >= 11 is 5.72. The van der Waals surface area contributed by atoms with Crippen molar-refractivity contribution in [3.05, 3.63) is 57.9 Å². The number of furan rings is 1. The summed E-state index contributed by atoms with van der Waals surface area (Å²) in [4.78, 5) is 42.9. The van der Waals surface area contributed by atoms with Crippen molar-refractivity contribution in [2.75, 3.05) is 13.7 Å². The summed E-state index contributed by atoms with van der Waals surface area (Å²) in [6.45, 7) is -0.394. The summed E-state index contributed by atoms with van der Waals surface area (Å²) in [5.41, 5.74) is -1.50. The standard InChI is InChI=1S/C20H13ClF2N4O5/c1-31-11-3-2-8-6-27(17(28)14(8)15(11)23)7-20(18(29)25-19(30)26-20)13-5-10-12(32-13)4-9(22)16(21)24-10/h2-5H,6-7H2,1H3,(H2,25,26,29,30)/t20-/m1/s1. The predicted octanol–water partition coefficient (Wildman–Crippen LogP) is 2.46. The first-order chi connectivity index (χ1) is 15.2. The molecule has 9 nitrogen and oxygen atoms in total. The molecule has 2 aliphatic rings. The minimum Gasteiger partial charge on any atom is -0.494 e. The van der Waals surface area contributed by atoms with E-state index in [9.17, 15) is 23.2 Å². The van der Waals surface area contributed by atoms with Crippen LogP contribution in [-0.4, -0.2) is 41.4 Å². The van der Waals surface area contributed by atoms with Crippen LogP contribution < -0.4 is 15.4 Å². The van der Waals surface area contributed by atoms with Gasteiger partial charge < -0.3 is 19.4 Å². The van der Waals surface area contributed by atoms with Gasteiger partial charge in [-0.1, -0.05) is 17.7 Å². The fraction of sp³-hybridized carbons (Fsp3) is 0.200. The van der Waals surface area contributed by atoms with Crippen molar-refractivity contribution in [2.45, 2.75) is 12.1 Å². The summed E-state index contributed by atoms with van der Waals surface area (Å²) in [6.07, 6.45) is 0. The van der Waals surface area contributed by atoms with E-state index in [1.807, 2.05) is 0 Å². The second-order valence-corrected chi connectivity index (χ2v) is 7.70. The Balaban J connectivity index is 1.57. The van der Waals surface area contributed by atoms with Crippen LogP contribution in [0.25, 0.3) is 11.1 Å². The molecule has 3 aromatic rings.